The number of aromatic nitrogens is 2. The van der Waals surface area contributed by atoms with E-state index in [4.69, 9.17) is 14.6 Å². The normalized spacial score (nSPS) is 12.0. The van der Waals surface area contributed by atoms with E-state index in [9.17, 15) is 9.00 Å². The Bertz CT molecular complexity index is 1300. The van der Waals surface area contributed by atoms with E-state index >= 15 is 0 Å². The Morgan fingerprint density at radius 1 is 1.03 bits per heavy atom. The van der Waals surface area contributed by atoms with E-state index in [1.54, 1.807) is 19.4 Å². The third-order valence-corrected chi connectivity index (χ3v) is 5.95. The molecule has 0 aliphatic rings. The molecule has 0 radical (unpaired) electrons. The van der Waals surface area contributed by atoms with Crippen LogP contribution in [0, 0.1) is 0 Å². The second kappa shape index (κ2) is 9.36. The van der Waals surface area contributed by atoms with Gasteiger partial charge in [0.25, 0.3) is 0 Å². The van der Waals surface area contributed by atoms with Gasteiger partial charge in [0.15, 0.2) is 0 Å². The number of methoxy groups -OCH3 is 2. The van der Waals surface area contributed by atoms with Crippen molar-refractivity contribution < 1.29 is 18.5 Å². The van der Waals surface area contributed by atoms with E-state index < -0.39 is 16.8 Å². The van der Waals surface area contributed by atoms with Crippen molar-refractivity contribution in [2.75, 3.05) is 20.5 Å². The molecule has 6 nitrogen and oxygen atoms in total. The summed E-state index contributed by atoms with van der Waals surface area (Å²) in [5.74, 6) is 0.671. The lowest BCUT2D eigenvalue weighted by molar-refractivity contribution is 0.0600. The molecule has 2 aromatic carbocycles. The molecule has 164 valence electrons. The number of hydrogen-bond donors (Lipinski definition) is 0. The summed E-state index contributed by atoms with van der Waals surface area (Å²) in [4.78, 5) is 12.2. The summed E-state index contributed by atoms with van der Waals surface area (Å²) in [6, 6.07) is 19.5. The highest BCUT2D eigenvalue weighted by molar-refractivity contribution is 7.83. The summed E-state index contributed by atoms with van der Waals surface area (Å²) in [5.41, 5.74) is 6.06. The van der Waals surface area contributed by atoms with Gasteiger partial charge in [0.1, 0.15) is 5.75 Å². The first-order valence-electron chi connectivity index (χ1n) is 10.1. The minimum Gasteiger partial charge on any atom is -0.495 e. The molecule has 4 rings (SSSR count). The molecule has 0 aliphatic carbocycles. The van der Waals surface area contributed by atoms with Crippen molar-refractivity contribution in [2.24, 2.45) is 0 Å². The molecule has 32 heavy (non-hydrogen) atoms. The summed E-state index contributed by atoms with van der Waals surface area (Å²) in [6.07, 6.45) is 4.05. The van der Waals surface area contributed by atoms with E-state index in [0.29, 0.717) is 23.5 Å². The zero-order chi connectivity index (χ0) is 22.7. The number of nitrogens with zero attached hydrogens (tertiary/aromatic N) is 2. The number of pyridine rings is 1. The summed E-state index contributed by atoms with van der Waals surface area (Å²) in [5, 5.41) is 4.83. The fourth-order valence-electron chi connectivity index (χ4n) is 3.83. The third kappa shape index (κ3) is 4.57. The molecular formula is C25H24N2O4S. The van der Waals surface area contributed by atoms with Crippen molar-refractivity contribution in [3.63, 3.8) is 0 Å². The lowest BCUT2D eigenvalue weighted by atomic mass is 9.97. The van der Waals surface area contributed by atoms with E-state index in [-0.39, 0.29) is 0 Å². The first-order valence-corrected chi connectivity index (χ1v) is 11.8. The van der Waals surface area contributed by atoms with Crippen molar-refractivity contribution in [1.29, 1.82) is 0 Å². The molecule has 0 saturated heterocycles. The number of carbonyl (C=O) groups is 1. The van der Waals surface area contributed by atoms with Gasteiger partial charge in [-0.1, -0.05) is 36.4 Å². The first-order chi connectivity index (χ1) is 15.5. The first kappa shape index (κ1) is 21.8. The van der Waals surface area contributed by atoms with Crippen molar-refractivity contribution in [3.05, 3.63) is 89.1 Å². The molecule has 0 fully saturated rings. The SMILES string of the molecule is COC(=O)c1cc(Cc2c(-c3ccccc3)nn3cc(OC)ccc23)cc(CS(C)=O)c1. The summed E-state index contributed by atoms with van der Waals surface area (Å²) in [6.45, 7) is 0. The van der Waals surface area contributed by atoms with Crippen LogP contribution in [0.15, 0.2) is 66.9 Å². The van der Waals surface area contributed by atoms with Crippen LogP contribution in [-0.2, 0) is 27.7 Å². The van der Waals surface area contributed by atoms with Crippen LogP contribution in [0.3, 0.4) is 0 Å². The Morgan fingerprint density at radius 3 is 2.47 bits per heavy atom. The monoisotopic (exact) mass is 448 g/mol. The van der Waals surface area contributed by atoms with Crippen molar-refractivity contribution in [3.8, 4) is 17.0 Å². The fourth-order valence-corrected chi connectivity index (χ4v) is 4.46. The van der Waals surface area contributed by atoms with Crippen LogP contribution < -0.4 is 4.74 Å². The average Bonchev–Trinajstić information content (AvgIpc) is 3.15. The maximum atomic E-state index is 12.2. The Kier molecular flexibility index (Phi) is 6.37. The average molecular weight is 449 g/mol. The second-order valence-electron chi connectivity index (χ2n) is 7.52. The summed E-state index contributed by atoms with van der Waals surface area (Å²) in [7, 11) is 1.96. The number of hydrogen-bond acceptors (Lipinski definition) is 5. The molecule has 0 bridgehead atoms. The smallest absolute Gasteiger partial charge is 0.337 e. The van der Waals surface area contributed by atoms with Crippen LogP contribution in [0.25, 0.3) is 16.8 Å². The van der Waals surface area contributed by atoms with Gasteiger partial charge in [-0.05, 0) is 35.4 Å². The largest absolute Gasteiger partial charge is 0.495 e. The number of benzene rings is 2. The van der Waals surface area contributed by atoms with Crippen LogP contribution in [0.4, 0.5) is 0 Å². The van der Waals surface area contributed by atoms with Crippen molar-refractivity contribution >= 4 is 22.3 Å². The highest BCUT2D eigenvalue weighted by atomic mass is 32.2. The van der Waals surface area contributed by atoms with Crippen LogP contribution in [0.5, 0.6) is 5.75 Å². The molecule has 4 aromatic rings. The second-order valence-corrected chi connectivity index (χ2v) is 8.95. The van der Waals surface area contributed by atoms with Crippen LogP contribution in [-0.4, -0.2) is 40.3 Å². The molecule has 1 unspecified atom stereocenters. The minimum absolute atomic E-state index is 0.370. The van der Waals surface area contributed by atoms with Gasteiger partial charge in [0.05, 0.1) is 37.2 Å². The van der Waals surface area contributed by atoms with Crippen LogP contribution in [0.1, 0.15) is 27.0 Å². The molecule has 0 N–H and O–H groups in total. The Balaban J connectivity index is 1.86. The Hall–Kier alpha value is -3.45. The maximum Gasteiger partial charge on any atom is 0.337 e. The number of fused-ring (bicyclic) bond motifs is 1. The molecule has 2 aromatic heterocycles. The Labute approximate surface area is 189 Å². The van der Waals surface area contributed by atoms with Gasteiger partial charge in [0, 0.05) is 40.4 Å². The fraction of sp³-hybridized carbons (Fsp3) is 0.200. The molecule has 7 heteroatoms. The highest BCUT2D eigenvalue weighted by Crippen LogP contribution is 2.30. The molecule has 2 heterocycles. The predicted molar refractivity (Wildman–Crippen MR) is 126 cm³/mol. The maximum absolute atomic E-state index is 12.2. The van der Waals surface area contributed by atoms with Crippen molar-refractivity contribution in [2.45, 2.75) is 12.2 Å². The van der Waals surface area contributed by atoms with Crippen LogP contribution in [0.2, 0.25) is 0 Å². The van der Waals surface area contributed by atoms with Gasteiger partial charge >= 0.3 is 5.97 Å². The summed E-state index contributed by atoms with van der Waals surface area (Å²) >= 11 is 0. The van der Waals surface area contributed by atoms with Gasteiger partial charge < -0.3 is 9.47 Å². The molecular weight excluding hydrogens is 424 g/mol. The molecule has 0 spiro atoms. The standard InChI is InChI=1S/C25H24N2O4S/c1-30-21-9-10-23-22(24(26-27(23)15-21)19-7-5-4-6-8-19)14-17-11-18(16-32(3)29)13-20(12-17)25(28)31-2/h4-13,15H,14,16H2,1-3H3. The van der Waals surface area contributed by atoms with Gasteiger partial charge in [-0.15, -0.1) is 0 Å². The summed E-state index contributed by atoms with van der Waals surface area (Å²) < 4.78 is 23.9. The van der Waals surface area contributed by atoms with Gasteiger partial charge in [-0.25, -0.2) is 9.31 Å². The highest BCUT2D eigenvalue weighted by Gasteiger charge is 2.17. The zero-order valence-electron chi connectivity index (χ0n) is 18.2. The number of rotatable bonds is 7. The molecule has 0 amide bonds. The topological polar surface area (TPSA) is 69.9 Å². The van der Waals surface area contributed by atoms with E-state index in [1.165, 1.54) is 7.11 Å². The Morgan fingerprint density at radius 2 is 1.78 bits per heavy atom. The molecule has 1 atom stereocenters. The van der Waals surface area contributed by atoms with Gasteiger partial charge in [-0.3, -0.25) is 4.21 Å². The third-order valence-electron chi connectivity index (χ3n) is 5.21. The van der Waals surface area contributed by atoms with Crippen LogP contribution >= 0.6 is 0 Å². The van der Waals surface area contributed by atoms with Gasteiger partial charge in [-0.2, -0.15) is 5.10 Å². The zero-order valence-corrected chi connectivity index (χ0v) is 19.0. The van der Waals surface area contributed by atoms with Gasteiger partial charge in [0.2, 0.25) is 0 Å². The van der Waals surface area contributed by atoms with Crippen molar-refractivity contribution in [1.82, 2.24) is 9.61 Å². The number of ether oxygens (including phenoxy) is 2. The lowest BCUT2D eigenvalue weighted by Gasteiger charge is -2.10. The van der Waals surface area contributed by atoms with E-state index in [2.05, 4.69) is 0 Å². The lowest BCUT2D eigenvalue weighted by Crippen LogP contribution is -2.05. The van der Waals surface area contributed by atoms with E-state index in [1.807, 2.05) is 65.3 Å². The minimum atomic E-state index is -1.03. The number of esters is 1. The van der Waals surface area contributed by atoms with E-state index in [0.717, 1.165) is 33.5 Å². The molecule has 0 saturated carbocycles. The molecule has 0 aliphatic heterocycles. The quantitative estimate of drug-likeness (QED) is 0.395. The predicted octanol–water partition coefficient (Wildman–Crippen LogP) is 4.27. The number of carbonyl (C=O) groups excluding carboxylic acids is 1.